The molecule has 0 saturated heterocycles. The number of pyridine rings is 1. The zero-order valence-corrected chi connectivity index (χ0v) is 8.68. The van der Waals surface area contributed by atoms with Crippen LogP contribution in [0.4, 0.5) is 5.69 Å². The third-order valence-corrected chi connectivity index (χ3v) is 2.25. The van der Waals surface area contributed by atoms with Crippen molar-refractivity contribution < 1.29 is 4.74 Å². The predicted molar refractivity (Wildman–Crippen MR) is 52.9 cm³/mol. The highest BCUT2D eigenvalue weighted by atomic mass is 127. The van der Waals surface area contributed by atoms with Crippen LogP contribution in [-0.2, 0) is 0 Å². The summed E-state index contributed by atoms with van der Waals surface area (Å²) in [6, 6.07) is 1.62. The van der Waals surface area contributed by atoms with Gasteiger partial charge in [0.05, 0.1) is 12.8 Å². The van der Waals surface area contributed by atoms with E-state index in [-0.39, 0.29) is 0 Å². The lowest BCUT2D eigenvalue weighted by molar-refractivity contribution is 0.397. The second kappa shape index (κ2) is 3.44. The Balaban J connectivity index is 3.21. The van der Waals surface area contributed by atoms with Crippen LogP contribution in [0.25, 0.3) is 0 Å². The van der Waals surface area contributed by atoms with Gasteiger partial charge in [-0.3, -0.25) is 0 Å². The number of anilines is 1. The lowest BCUT2D eigenvalue weighted by atomic mass is 10.4. The molecule has 0 amide bonds. The van der Waals surface area contributed by atoms with E-state index in [9.17, 15) is 0 Å². The van der Waals surface area contributed by atoms with Gasteiger partial charge in [0.1, 0.15) is 8.72 Å². The Morgan fingerprint density at radius 1 is 1.73 bits per heavy atom. The number of hydrogen-bond donors (Lipinski definition) is 1. The molecular formula is C6H6ClIN2O. The molecule has 11 heavy (non-hydrogen) atoms. The molecule has 0 aliphatic heterocycles. The van der Waals surface area contributed by atoms with Crippen molar-refractivity contribution in [1.29, 1.82) is 0 Å². The van der Waals surface area contributed by atoms with Crippen LogP contribution in [0, 0.1) is 3.70 Å². The Morgan fingerprint density at radius 2 is 2.36 bits per heavy atom. The van der Waals surface area contributed by atoms with Gasteiger partial charge in [0.2, 0.25) is 5.88 Å². The van der Waals surface area contributed by atoms with Gasteiger partial charge in [-0.25, -0.2) is 4.98 Å². The monoisotopic (exact) mass is 284 g/mol. The summed E-state index contributed by atoms with van der Waals surface area (Å²) in [7, 11) is 1.51. The molecule has 0 spiro atoms. The topological polar surface area (TPSA) is 48.1 Å². The maximum Gasteiger partial charge on any atom is 0.233 e. The van der Waals surface area contributed by atoms with Crippen molar-refractivity contribution in [1.82, 2.24) is 4.98 Å². The lowest BCUT2D eigenvalue weighted by Gasteiger charge is -2.03. The van der Waals surface area contributed by atoms with E-state index in [2.05, 4.69) is 4.98 Å². The summed E-state index contributed by atoms with van der Waals surface area (Å²) < 4.78 is 5.58. The van der Waals surface area contributed by atoms with Gasteiger partial charge in [-0.2, -0.15) is 0 Å². The van der Waals surface area contributed by atoms with Crippen molar-refractivity contribution in [3.63, 3.8) is 0 Å². The van der Waals surface area contributed by atoms with Crippen LogP contribution < -0.4 is 10.5 Å². The smallest absolute Gasteiger partial charge is 0.233 e. The highest BCUT2D eigenvalue weighted by Crippen LogP contribution is 2.26. The van der Waals surface area contributed by atoms with Gasteiger partial charge >= 0.3 is 0 Å². The summed E-state index contributed by atoms with van der Waals surface area (Å²) in [4.78, 5) is 4.00. The zero-order valence-electron chi connectivity index (χ0n) is 5.77. The number of methoxy groups -OCH3 is 1. The number of hydrogen-bond acceptors (Lipinski definition) is 3. The number of ether oxygens (including phenoxy) is 1. The first kappa shape index (κ1) is 8.86. The van der Waals surface area contributed by atoms with Crippen molar-refractivity contribution in [2.24, 2.45) is 0 Å². The minimum atomic E-state index is 0.408. The molecule has 1 aromatic heterocycles. The Bertz CT molecular complexity index is 280. The highest BCUT2D eigenvalue weighted by molar-refractivity contribution is 14.1. The molecule has 1 rings (SSSR count). The molecule has 3 nitrogen and oxygen atoms in total. The minimum absolute atomic E-state index is 0.408. The predicted octanol–water partition coefficient (Wildman–Crippen LogP) is 1.93. The van der Waals surface area contributed by atoms with Gasteiger partial charge in [-0.1, -0.05) is 11.6 Å². The summed E-state index contributed by atoms with van der Waals surface area (Å²) in [6.45, 7) is 0. The summed E-state index contributed by atoms with van der Waals surface area (Å²) >= 11 is 7.75. The summed E-state index contributed by atoms with van der Waals surface area (Å²) in [5, 5.41) is 0.436. The highest BCUT2D eigenvalue weighted by Gasteiger charge is 2.05. The summed E-state index contributed by atoms with van der Waals surface area (Å²) in [6.07, 6.45) is 0. The molecule has 1 aromatic rings. The molecule has 2 N–H and O–H groups in total. The SMILES string of the molecule is COc1nc(I)c(N)cc1Cl. The van der Waals surface area contributed by atoms with Crippen molar-refractivity contribution in [2.45, 2.75) is 0 Å². The molecule has 0 fully saturated rings. The van der Waals surface area contributed by atoms with Crippen molar-refractivity contribution in [2.75, 3.05) is 12.8 Å². The Hall–Kier alpha value is -0.230. The van der Waals surface area contributed by atoms with E-state index < -0.39 is 0 Å². The van der Waals surface area contributed by atoms with E-state index in [1.54, 1.807) is 6.07 Å². The first-order valence-electron chi connectivity index (χ1n) is 2.80. The fraction of sp³-hybridized carbons (Fsp3) is 0.167. The van der Waals surface area contributed by atoms with Gasteiger partial charge < -0.3 is 10.5 Å². The number of nitrogens with two attached hydrogens (primary N) is 1. The van der Waals surface area contributed by atoms with Crippen molar-refractivity contribution in [3.05, 3.63) is 14.8 Å². The van der Waals surface area contributed by atoms with Gasteiger partial charge in [0, 0.05) is 0 Å². The molecule has 0 bridgehead atoms. The van der Waals surface area contributed by atoms with E-state index in [0.717, 1.165) is 0 Å². The second-order valence-electron chi connectivity index (χ2n) is 1.86. The molecule has 0 radical (unpaired) electrons. The third-order valence-electron chi connectivity index (χ3n) is 1.12. The Labute approximate surface area is 83.0 Å². The molecule has 0 aliphatic carbocycles. The maximum atomic E-state index is 5.73. The first-order valence-corrected chi connectivity index (χ1v) is 4.26. The molecule has 60 valence electrons. The standard InChI is InChI=1S/C6H6ClIN2O/c1-11-6-3(7)2-4(9)5(8)10-6/h2H,9H2,1H3. The van der Waals surface area contributed by atoms with Gasteiger partial charge in [-0.15, -0.1) is 0 Å². The summed E-state index contributed by atoms with van der Waals surface area (Å²) in [5.41, 5.74) is 6.10. The quantitative estimate of drug-likeness (QED) is 0.633. The average molecular weight is 284 g/mol. The zero-order chi connectivity index (χ0) is 8.43. The third kappa shape index (κ3) is 1.87. The largest absolute Gasteiger partial charge is 0.480 e. The normalized spacial score (nSPS) is 9.73. The van der Waals surface area contributed by atoms with E-state index in [1.165, 1.54) is 7.11 Å². The number of rotatable bonds is 1. The van der Waals surface area contributed by atoms with E-state index >= 15 is 0 Å². The van der Waals surface area contributed by atoms with Crippen LogP contribution in [0.15, 0.2) is 6.07 Å². The number of nitrogens with zero attached hydrogens (tertiary/aromatic N) is 1. The molecule has 1 heterocycles. The van der Waals surface area contributed by atoms with E-state index in [1.807, 2.05) is 22.6 Å². The van der Waals surface area contributed by atoms with Gasteiger partial charge in [-0.05, 0) is 28.7 Å². The average Bonchev–Trinajstić information content (AvgIpc) is 1.97. The van der Waals surface area contributed by atoms with E-state index in [0.29, 0.717) is 20.3 Å². The van der Waals surface area contributed by atoms with Gasteiger partial charge in [0.25, 0.3) is 0 Å². The fourth-order valence-corrected chi connectivity index (χ4v) is 1.22. The summed E-state index contributed by atoms with van der Waals surface area (Å²) in [5.74, 6) is 0.408. The molecular weight excluding hydrogens is 278 g/mol. The maximum absolute atomic E-state index is 5.73. The van der Waals surface area contributed by atoms with Crippen LogP contribution in [0.3, 0.4) is 0 Å². The Kier molecular flexibility index (Phi) is 2.78. The van der Waals surface area contributed by atoms with Crippen LogP contribution in [0.1, 0.15) is 0 Å². The molecule has 0 atom stereocenters. The molecule has 0 unspecified atom stereocenters. The van der Waals surface area contributed by atoms with Crippen molar-refractivity contribution >= 4 is 39.9 Å². The van der Waals surface area contributed by atoms with Crippen molar-refractivity contribution in [3.8, 4) is 5.88 Å². The van der Waals surface area contributed by atoms with Crippen LogP contribution in [-0.4, -0.2) is 12.1 Å². The van der Waals surface area contributed by atoms with Gasteiger partial charge in [0.15, 0.2) is 0 Å². The molecule has 0 aromatic carbocycles. The van der Waals surface area contributed by atoms with Crippen LogP contribution >= 0.6 is 34.2 Å². The number of nitrogen functional groups attached to an aromatic ring is 1. The molecule has 5 heteroatoms. The minimum Gasteiger partial charge on any atom is -0.480 e. The van der Waals surface area contributed by atoms with Crippen LogP contribution in [0.5, 0.6) is 5.88 Å². The Morgan fingerprint density at radius 3 is 2.91 bits per heavy atom. The van der Waals surface area contributed by atoms with E-state index in [4.69, 9.17) is 22.1 Å². The molecule has 0 saturated carbocycles. The number of halogens is 2. The number of aromatic nitrogens is 1. The molecule has 0 aliphatic rings. The fourth-order valence-electron chi connectivity index (χ4n) is 0.608. The second-order valence-corrected chi connectivity index (χ2v) is 3.29. The lowest BCUT2D eigenvalue weighted by Crippen LogP contribution is -1.96. The first-order chi connectivity index (χ1) is 5.15. The van der Waals surface area contributed by atoms with Crippen LogP contribution in [0.2, 0.25) is 5.02 Å².